The molecule has 0 radical (unpaired) electrons. The van der Waals surface area contributed by atoms with Gasteiger partial charge in [-0.2, -0.15) is 0 Å². The molecule has 128 valence electrons. The highest BCUT2D eigenvalue weighted by Crippen LogP contribution is 2.25. The van der Waals surface area contributed by atoms with E-state index in [0.717, 1.165) is 5.56 Å². The molecular formula is C18H21NO5. The van der Waals surface area contributed by atoms with Gasteiger partial charge < -0.3 is 19.2 Å². The monoisotopic (exact) mass is 331 g/mol. The maximum atomic E-state index is 12.1. The van der Waals surface area contributed by atoms with Crippen molar-refractivity contribution < 1.29 is 23.8 Å². The molecule has 24 heavy (non-hydrogen) atoms. The van der Waals surface area contributed by atoms with E-state index in [0.29, 0.717) is 13.0 Å². The predicted molar refractivity (Wildman–Crippen MR) is 89.3 cm³/mol. The summed E-state index contributed by atoms with van der Waals surface area (Å²) in [6.07, 6.45) is 1.95. The van der Waals surface area contributed by atoms with E-state index in [1.807, 2.05) is 30.3 Å². The first-order valence-corrected chi connectivity index (χ1v) is 7.82. The molecule has 0 bridgehead atoms. The summed E-state index contributed by atoms with van der Waals surface area (Å²) >= 11 is 0. The summed E-state index contributed by atoms with van der Waals surface area (Å²) in [6.45, 7) is 4.10. The van der Waals surface area contributed by atoms with E-state index in [9.17, 15) is 14.7 Å². The minimum absolute atomic E-state index is 0.0270. The summed E-state index contributed by atoms with van der Waals surface area (Å²) < 4.78 is 10.4. The fourth-order valence-corrected chi connectivity index (χ4v) is 2.44. The molecule has 1 unspecified atom stereocenters. The third kappa shape index (κ3) is 4.16. The van der Waals surface area contributed by atoms with E-state index >= 15 is 0 Å². The molecule has 0 aliphatic carbocycles. The lowest BCUT2D eigenvalue weighted by molar-refractivity contribution is -0.144. The van der Waals surface area contributed by atoms with Crippen LogP contribution < -0.4 is 4.90 Å². The van der Waals surface area contributed by atoms with Gasteiger partial charge in [0.1, 0.15) is 11.6 Å². The number of ether oxygens (including phenoxy) is 1. The number of carbonyl (C=O) groups excluding carboxylic acids is 1. The van der Waals surface area contributed by atoms with Crippen LogP contribution in [0.25, 0.3) is 0 Å². The first kappa shape index (κ1) is 17.6. The van der Waals surface area contributed by atoms with Gasteiger partial charge in [-0.25, -0.2) is 9.59 Å². The van der Waals surface area contributed by atoms with Gasteiger partial charge in [-0.15, -0.1) is 0 Å². The Hall–Kier alpha value is -2.76. The standard InChI is InChI=1S/C18H21NO5/c1-3-23-18(22)13(2)19(11-9-14-7-5-4-6-8-14)16-15(17(20)21)10-12-24-16/h4-8,10,12-13H,3,9,11H2,1-2H3,(H,20,21). The van der Waals surface area contributed by atoms with Crippen molar-refractivity contribution in [1.29, 1.82) is 0 Å². The Morgan fingerprint density at radius 3 is 2.58 bits per heavy atom. The van der Waals surface area contributed by atoms with E-state index < -0.39 is 18.0 Å². The van der Waals surface area contributed by atoms with E-state index in [1.54, 1.807) is 18.7 Å². The number of hydrogen-bond acceptors (Lipinski definition) is 5. The minimum Gasteiger partial charge on any atom is -0.477 e. The maximum absolute atomic E-state index is 12.1. The average molecular weight is 331 g/mol. The van der Waals surface area contributed by atoms with Crippen LogP contribution in [0.5, 0.6) is 0 Å². The lowest BCUT2D eigenvalue weighted by Gasteiger charge is -2.28. The lowest BCUT2D eigenvalue weighted by atomic mass is 10.1. The second-order valence-corrected chi connectivity index (χ2v) is 5.30. The molecule has 1 aromatic heterocycles. The van der Waals surface area contributed by atoms with Gasteiger partial charge in [0.05, 0.1) is 12.9 Å². The number of aromatic carboxylic acids is 1. The SMILES string of the molecule is CCOC(=O)C(C)N(CCc1ccccc1)c1occc1C(=O)O. The number of carbonyl (C=O) groups is 2. The molecule has 0 fully saturated rings. The Labute approximate surface area is 140 Å². The van der Waals surface area contributed by atoms with Crippen molar-refractivity contribution in [2.24, 2.45) is 0 Å². The number of esters is 1. The van der Waals surface area contributed by atoms with E-state index in [4.69, 9.17) is 9.15 Å². The van der Waals surface area contributed by atoms with Crippen molar-refractivity contribution in [2.45, 2.75) is 26.3 Å². The number of hydrogen-bond donors (Lipinski definition) is 1. The van der Waals surface area contributed by atoms with Crippen LogP contribution >= 0.6 is 0 Å². The molecule has 2 rings (SSSR count). The van der Waals surface area contributed by atoms with E-state index in [2.05, 4.69) is 0 Å². The fourth-order valence-electron chi connectivity index (χ4n) is 2.44. The number of furan rings is 1. The van der Waals surface area contributed by atoms with Gasteiger partial charge in [0.2, 0.25) is 5.88 Å². The summed E-state index contributed by atoms with van der Waals surface area (Å²) in [6, 6.07) is 10.5. The van der Waals surface area contributed by atoms with Gasteiger partial charge >= 0.3 is 11.9 Å². The molecular weight excluding hydrogens is 310 g/mol. The Morgan fingerprint density at radius 2 is 1.96 bits per heavy atom. The normalized spacial score (nSPS) is 11.8. The Kier molecular flexibility index (Phi) is 6.01. The Morgan fingerprint density at radius 1 is 1.25 bits per heavy atom. The van der Waals surface area contributed by atoms with Crippen molar-refractivity contribution >= 4 is 17.8 Å². The minimum atomic E-state index is -1.10. The van der Waals surface area contributed by atoms with Crippen LogP contribution in [0.2, 0.25) is 0 Å². The zero-order chi connectivity index (χ0) is 17.5. The van der Waals surface area contributed by atoms with Crippen LogP contribution in [0.4, 0.5) is 5.88 Å². The summed E-state index contributed by atoms with van der Waals surface area (Å²) in [4.78, 5) is 25.1. The Bertz CT molecular complexity index is 680. The largest absolute Gasteiger partial charge is 0.477 e. The van der Waals surface area contributed by atoms with Crippen molar-refractivity contribution in [3.05, 3.63) is 53.8 Å². The summed E-state index contributed by atoms with van der Waals surface area (Å²) in [5.74, 6) is -1.35. The molecule has 0 aliphatic rings. The number of carboxylic acids is 1. The fraction of sp³-hybridized carbons (Fsp3) is 0.333. The second-order valence-electron chi connectivity index (χ2n) is 5.30. The average Bonchev–Trinajstić information content (AvgIpc) is 3.06. The summed E-state index contributed by atoms with van der Waals surface area (Å²) in [5, 5.41) is 9.31. The Balaban J connectivity index is 2.25. The lowest BCUT2D eigenvalue weighted by Crippen LogP contribution is -2.42. The molecule has 1 aromatic carbocycles. The molecule has 1 N–H and O–H groups in total. The van der Waals surface area contributed by atoms with Crippen molar-refractivity contribution in [3.8, 4) is 0 Å². The number of benzene rings is 1. The molecule has 0 amide bonds. The highest BCUT2D eigenvalue weighted by molar-refractivity contribution is 5.94. The second kappa shape index (κ2) is 8.19. The van der Waals surface area contributed by atoms with Crippen LogP contribution in [0.3, 0.4) is 0 Å². The number of rotatable bonds is 8. The van der Waals surface area contributed by atoms with Crippen molar-refractivity contribution in [1.82, 2.24) is 0 Å². The topological polar surface area (TPSA) is 80.0 Å². The quantitative estimate of drug-likeness (QED) is 0.749. The van der Waals surface area contributed by atoms with Gasteiger partial charge in [-0.05, 0) is 31.9 Å². The smallest absolute Gasteiger partial charge is 0.341 e. The van der Waals surface area contributed by atoms with Crippen LogP contribution in [0.1, 0.15) is 29.8 Å². The molecule has 0 aliphatic heterocycles. The molecule has 1 atom stereocenters. The summed E-state index contributed by atoms with van der Waals surface area (Å²) in [5.41, 5.74) is 1.11. The molecule has 0 saturated heterocycles. The van der Waals surface area contributed by atoms with Gasteiger partial charge in [-0.1, -0.05) is 30.3 Å². The first-order chi connectivity index (χ1) is 11.5. The van der Waals surface area contributed by atoms with Crippen molar-refractivity contribution in [2.75, 3.05) is 18.1 Å². The number of carboxylic acid groups (broad SMARTS) is 1. The maximum Gasteiger partial charge on any atom is 0.341 e. The van der Waals surface area contributed by atoms with Crippen LogP contribution in [0.15, 0.2) is 47.1 Å². The van der Waals surface area contributed by atoms with Gasteiger partial charge in [0, 0.05) is 6.54 Å². The molecule has 0 spiro atoms. The molecule has 0 saturated carbocycles. The molecule has 6 nitrogen and oxygen atoms in total. The van der Waals surface area contributed by atoms with E-state index in [-0.39, 0.29) is 18.1 Å². The van der Waals surface area contributed by atoms with E-state index in [1.165, 1.54) is 12.3 Å². The number of anilines is 1. The zero-order valence-corrected chi connectivity index (χ0v) is 13.8. The molecule has 1 heterocycles. The van der Waals surface area contributed by atoms with Crippen LogP contribution in [0, 0.1) is 0 Å². The number of nitrogens with zero attached hydrogens (tertiary/aromatic N) is 1. The van der Waals surface area contributed by atoms with Gasteiger partial charge in [0.25, 0.3) is 0 Å². The molecule has 2 aromatic rings. The van der Waals surface area contributed by atoms with Crippen LogP contribution in [-0.2, 0) is 16.0 Å². The van der Waals surface area contributed by atoms with Crippen molar-refractivity contribution in [3.63, 3.8) is 0 Å². The third-order valence-corrected chi connectivity index (χ3v) is 3.72. The summed E-state index contributed by atoms with van der Waals surface area (Å²) in [7, 11) is 0. The predicted octanol–water partition coefficient (Wildman–Crippen LogP) is 2.98. The first-order valence-electron chi connectivity index (χ1n) is 7.82. The van der Waals surface area contributed by atoms with Crippen LogP contribution in [-0.4, -0.2) is 36.2 Å². The third-order valence-electron chi connectivity index (χ3n) is 3.72. The van der Waals surface area contributed by atoms with Gasteiger partial charge in [0.15, 0.2) is 0 Å². The van der Waals surface area contributed by atoms with Gasteiger partial charge in [-0.3, -0.25) is 0 Å². The molecule has 6 heteroatoms. The zero-order valence-electron chi connectivity index (χ0n) is 13.8. The highest BCUT2D eigenvalue weighted by Gasteiger charge is 2.28. The highest BCUT2D eigenvalue weighted by atomic mass is 16.5.